The molecule has 0 heterocycles. The van der Waals surface area contributed by atoms with Gasteiger partial charge in [-0.1, -0.05) is 11.1 Å². The Hall–Kier alpha value is 0.0900. The van der Waals surface area contributed by atoms with Crippen LogP contribution in [0.1, 0.15) is 32.1 Å². The number of rotatable bonds is 0. The smallest absolute Gasteiger partial charge is 0.0229 e. The molecule has 0 bridgehead atoms. The highest BCUT2D eigenvalue weighted by Gasteiger charge is 2.25. The first-order chi connectivity index (χ1) is 4.38. The summed E-state index contributed by atoms with van der Waals surface area (Å²) >= 11 is 4.51. The van der Waals surface area contributed by atoms with Crippen molar-refractivity contribution in [2.45, 2.75) is 37.4 Å². The Bertz CT molecular complexity index is 158. The Kier molecular flexibility index (Phi) is 1.33. The minimum Gasteiger partial charge on any atom is -0.171 e. The standard InChI is InChI=1S/C8H12S/c9-8-3-1-2-6-4-5-7(6)8/h8-9H,1-5H2. The fraction of sp³-hybridized carbons (Fsp3) is 0.750. The van der Waals surface area contributed by atoms with Crippen LogP contribution in [0.25, 0.3) is 0 Å². The second-order valence-corrected chi connectivity index (χ2v) is 3.66. The summed E-state index contributed by atoms with van der Waals surface area (Å²) in [6, 6.07) is 0. The fourth-order valence-corrected chi connectivity index (χ4v) is 2.31. The summed E-state index contributed by atoms with van der Waals surface area (Å²) in [5.41, 5.74) is 3.42. The number of allylic oxidation sites excluding steroid dienone is 1. The van der Waals surface area contributed by atoms with E-state index < -0.39 is 0 Å². The van der Waals surface area contributed by atoms with Crippen LogP contribution in [-0.2, 0) is 0 Å². The summed E-state index contributed by atoms with van der Waals surface area (Å²) in [6.45, 7) is 0. The van der Waals surface area contributed by atoms with Crippen LogP contribution in [0.3, 0.4) is 0 Å². The van der Waals surface area contributed by atoms with E-state index >= 15 is 0 Å². The number of thiol groups is 1. The SMILES string of the molecule is SC1CCCC2=C1CC2. The van der Waals surface area contributed by atoms with E-state index in [0.29, 0.717) is 5.25 Å². The maximum Gasteiger partial charge on any atom is 0.0229 e. The molecule has 0 fully saturated rings. The molecule has 50 valence electrons. The molecular weight excluding hydrogens is 128 g/mol. The first-order valence-electron chi connectivity index (χ1n) is 3.77. The summed E-state index contributed by atoms with van der Waals surface area (Å²) < 4.78 is 0. The molecule has 2 aliphatic carbocycles. The lowest BCUT2D eigenvalue weighted by Gasteiger charge is -2.32. The van der Waals surface area contributed by atoms with Gasteiger partial charge in [0.25, 0.3) is 0 Å². The van der Waals surface area contributed by atoms with Gasteiger partial charge in [-0.25, -0.2) is 0 Å². The van der Waals surface area contributed by atoms with Crippen molar-refractivity contribution >= 4 is 12.6 Å². The van der Waals surface area contributed by atoms with E-state index in [1.807, 2.05) is 0 Å². The molecule has 0 saturated carbocycles. The predicted molar refractivity (Wildman–Crippen MR) is 42.9 cm³/mol. The summed E-state index contributed by atoms with van der Waals surface area (Å²) in [6.07, 6.45) is 6.82. The van der Waals surface area contributed by atoms with Crippen molar-refractivity contribution in [3.8, 4) is 0 Å². The van der Waals surface area contributed by atoms with Gasteiger partial charge in [-0.05, 0) is 32.1 Å². The Morgan fingerprint density at radius 3 is 2.56 bits per heavy atom. The molecule has 0 aromatic rings. The van der Waals surface area contributed by atoms with Crippen LogP contribution in [0.5, 0.6) is 0 Å². The van der Waals surface area contributed by atoms with Gasteiger partial charge in [-0.15, -0.1) is 0 Å². The molecule has 2 aliphatic rings. The van der Waals surface area contributed by atoms with E-state index in [2.05, 4.69) is 12.6 Å². The molecule has 0 aromatic heterocycles. The van der Waals surface area contributed by atoms with Crippen molar-refractivity contribution in [3.63, 3.8) is 0 Å². The molecule has 9 heavy (non-hydrogen) atoms. The maximum atomic E-state index is 4.51. The van der Waals surface area contributed by atoms with Gasteiger partial charge in [0.15, 0.2) is 0 Å². The monoisotopic (exact) mass is 140 g/mol. The van der Waals surface area contributed by atoms with E-state index in [9.17, 15) is 0 Å². The highest BCUT2D eigenvalue weighted by atomic mass is 32.1. The van der Waals surface area contributed by atoms with Crippen molar-refractivity contribution < 1.29 is 0 Å². The third-order valence-electron chi connectivity index (χ3n) is 2.51. The molecule has 0 aromatic carbocycles. The van der Waals surface area contributed by atoms with Crippen LogP contribution in [0.2, 0.25) is 0 Å². The summed E-state index contributed by atoms with van der Waals surface area (Å²) in [5.74, 6) is 0. The number of hydrogen-bond donors (Lipinski definition) is 1. The van der Waals surface area contributed by atoms with E-state index in [-0.39, 0.29) is 0 Å². The van der Waals surface area contributed by atoms with Crippen molar-refractivity contribution in [3.05, 3.63) is 11.1 Å². The zero-order valence-corrected chi connectivity index (χ0v) is 6.45. The highest BCUT2D eigenvalue weighted by Crippen LogP contribution is 2.41. The van der Waals surface area contributed by atoms with Crippen molar-refractivity contribution in [1.29, 1.82) is 0 Å². The van der Waals surface area contributed by atoms with Crippen molar-refractivity contribution in [2.24, 2.45) is 0 Å². The molecule has 0 aliphatic heterocycles. The Morgan fingerprint density at radius 2 is 2.11 bits per heavy atom. The van der Waals surface area contributed by atoms with Crippen LogP contribution in [0.15, 0.2) is 11.1 Å². The van der Waals surface area contributed by atoms with E-state index in [0.717, 1.165) is 0 Å². The Labute approximate surface area is 61.7 Å². The lowest BCUT2D eigenvalue weighted by molar-refractivity contribution is 0.583. The second-order valence-electron chi connectivity index (χ2n) is 3.04. The lowest BCUT2D eigenvalue weighted by atomic mass is 9.78. The largest absolute Gasteiger partial charge is 0.171 e. The van der Waals surface area contributed by atoms with Crippen LogP contribution in [0, 0.1) is 0 Å². The molecule has 1 unspecified atom stereocenters. The zero-order chi connectivity index (χ0) is 6.27. The summed E-state index contributed by atoms with van der Waals surface area (Å²) in [7, 11) is 0. The predicted octanol–water partition coefficient (Wildman–Crippen LogP) is 2.56. The van der Waals surface area contributed by atoms with Gasteiger partial charge in [-0.2, -0.15) is 12.6 Å². The van der Waals surface area contributed by atoms with Gasteiger partial charge >= 0.3 is 0 Å². The van der Waals surface area contributed by atoms with E-state index in [1.54, 1.807) is 11.1 Å². The van der Waals surface area contributed by atoms with E-state index in [4.69, 9.17) is 0 Å². The molecule has 0 N–H and O–H groups in total. The maximum absolute atomic E-state index is 4.51. The van der Waals surface area contributed by atoms with Crippen LogP contribution in [-0.4, -0.2) is 5.25 Å². The molecular formula is C8H12S. The first-order valence-corrected chi connectivity index (χ1v) is 4.28. The average molecular weight is 140 g/mol. The van der Waals surface area contributed by atoms with Crippen molar-refractivity contribution in [1.82, 2.24) is 0 Å². The zero-order valence-electron chi connectivity index (χ0n) is 5.56. The lowest BCUT2D eigenvalue weighted by Crippen LogP contribution is -2.18. The molecule has 2 rings (SSSR count). The topological polar surface area (TPSA) is 0 Å². The van der Waals surface area contributed by atoms with Crippen LogP contribution in [0.4, 0.5) is 0 Å². The van der Waals surface area contributed by atoms with Gasteiger partial charge in [-0.3, -0.25) is 0 Å². The number of hydrogen-bond acceptors (Lipinski definition) is 1. The summed E-state index contributed by atoms with van der Waals surface area (Å²) in [5, 5.41) is 0.641. The molecule has 0 saturated heterocycles. The highest BCUT2D eigenvalue weighted by molar-refractivity contribution is 7.81. The van der Waals surface area contributed by atoms with Gasteiger partial charge in [0.1, 0.15) is 0 Å². The molecule has 0 nitrogen and oxygen atoms in total. The second kappa shape index (κ2) is 2.05. The minimum absolute atomic E-state index is 0.641. The van der Waals surface area contributed by atoms with Crippen molar-refractivity contribution in [2.75, 3.05) is 0 Å². The van der Waals surface area contributed by atoms with Gasteiger partial charge in [0.05, 0.1) is 0 Å². The Morgan fingerprint density at radius 1 is 1.22 bits per heavy atom. The normalized spacial score (nSPS) is 33.7. The van der Waals surface area contributed by atoms with Gasteiger partial charge < -0.3 is 0 Å². The third kappa shape index (κ3) is 0.823. The first kappa shape index (κ1) is 5.84. The Balaban J connectivity index is 2.22. The van der Waals surface area contributed by atoms with Gasteiger partial charge in [0.2, 0.25) is 0 Å². The molecule has 1 atom stereocenters. The van der Waals surface area contributed by atoms with Crippen LogP contribution < -0.4 is 0 Å². The van der Waals surface area contributed by atoms with Crippen LogP contribution >= 0.6 is 12.6 Å². The fourth-order valence-electron chi connectivity index (χ4n) is 1.82. The quantitative estimate of drug-likeness (QED) is 0.388. The minimum atomic E-state index is 0.641. The van der Waals surface area contributed by atoms with Gasteiger partial charge in [0, 0.05) is 5.25 Å². The molecule has 0 radical (unpaired) electrons. The average Bonchev–Trinajstić information content (AvgIpc) is 1.74. The molecule has 0 spiro atoms. The summed E-state index contributed by atoms with van der Waals surface area (Å²) in [4.78, 5) is 0. The molecule has 1 heteroatoms. The van der Waals surface area contributed by atoms with E-state index in [1.165, 1.54) is 32.1 Å². The molecule has 0 amide bonds. The third-order valence-corrected chi connectivity index (χ3v) is 3.08.